The Morgan fingerprint density at radius 3 is 2.83 bits per heavy atom. The van der Waals surface area contributed by atoms with Crippen LogP contribution in [-0.4, -0.2) is 15.9 Å². The number of benzene rings is 2. The third kappa shape index (κ3) is 3.08. The van der Waals surface area contributed by atoms with Gasteiger partial charge >= 0.3 is 0 Å². The summed E-state index contributed by atoms with van der Waals surface area (Å²) in [6, 6.07) is 9.65. The van der Waals surface area contributed by atoms with Gasteiger partial charge in [0.2, 0.25) is 5.95 Å². The first-order valence-electron chi connectivity index (χ1n) is 8.92. The van der Waals surface area contributed by atoms with Crippen molar-refractivity contribution in [2.24, 2.45) is 0 Å². The van der Waals surface area contributed by atoms with E-state index in [0.717, 1.165) is 18.2 Å². The molecule has 0 aliphatic carbocycles. The lowest BCUT2D eigenvalue weighted by atomic mass is 10.1. The molecule has 2 aromatic heterocycles. The molecule has 0 bridgehead atoms. The van der Waals surface area contributed by atoms with Crippen molar-refractivity contribution in [3.8, 4) is 17.0 Å². The Balaban J connectivity index is 1.52. The fraction of sp³-hybridized carbons (Fsp3) is 0.0952. The second-order valence-electron chi connectivity index (χ2n) is 6.62. The van der Waals surface area contributed by atoms with Gasteiger partial charge in [-0.2, -0.15) is 0 Å². The van der Waals surface area contributed by atoms with Crippen molar-refractivity contribution >= 4 is 28.5 Å². The van der Waals surface area contributed by atoms with E-state index < -0.39 is 11.6 Å². The normalized spacial score (nSPS) is 13.2. The standard InChI is InChI=1S/C21H14F2N4O2/c22-15-5-4-14(20-13(15)7-8-28-20)19-16(23)10-25-21(27-19)26-12-3-1-11-2-6-18(24)29-17(11)9-12/h1,3-5,7-10,24H,2,6H2,(H,25,26,27). The Morgan fingerprint density at radius 1 is 1.03 bits per heavy atom. The summed E-state index contributed by atoms with van der Waals surface area (Å²) in [5.74, 6) is -0.124. The van der Waals surface area contributed by atoms with Crippen LogP contribution in [0.25, 0.3) is 22.2 Å². The second-order valence-corrected chi connectivity index (χ2v) is 6.62. The molecule has 29 heavy (non-hydrogen) atoms. The van der Waals surface area contributed by atoms with Crippen LogP contribution < -0.4 is 10.1 Å². The van der Waals surface area contributed by atoms with E-state index in [2.05, 4.69) is 15.3 Å². The number of nitrogens with one attached hydrogen (secondary N) is 2. The zero-order valence-corrected chi connectivity index (χ0v) is 15.0. The van der Waals surface area contributed by atoms with E-state index >= 15 is 0 Å². The summed E-state index contributed by atoms with van der Waals surface area (Å²) in [7, 11) is 0. The molecule has 0 saturated carbocycles. The number of rotatable bonds is 3. The first-order chi connectivity index (χ1) is 14.1. The van der Waals surface area contributed by atoms with E-state index in [0.29, 0.717) is 23.4 Å². The average molecular weight is 392 g/mol. The lowest BCUT2D eigenvalue weighted by Crippen LogP contribution is -2.15. The molecule has 6 nitrogen and oxygen atoms in total. The first-order valence-corrected chi connectivity index (χ1v) is 8.92. The molecule has 0 atom stereocenters. The van der Waals surface area contributed by atoms with Crippen molar-refractivity contribution in [2.45, 2.75) is 12.8 Å². The monoisotopic (exact) mass is 392 g/mol. The molecule has 3 heterocycles. The number of aromatic nitrogens is 2. The summed E-state index contributed by atoms with van der Waals surface area (Å²) < 4.78 is 39.2. The van der Waals surface area contributed by atoms with E-state index in [1.165, 1.54) is 24.5 Å². The Kier molecular flexibility index (Phi) is 3.97. The summed E-state index contributed by atoms with van der Waals surface area (Å²) >= 11 is 0. The van der Waals surface area contributed by atoms with Gasteiger partial charge < -0.3 is 14.5 Å². The number of furan rings is 1. The fourth-order valence-corrected chi connectivity index (χ4v) is 3.33. The minimum Gasteiger partial charge on any atom is -0.464 e. The van der Waals surface area contributed by atoms with Gasteiger partial charge in [0.15, 0.2) is 11.7 Å². The van der Waals surface area contributed by atoms with Crippen LogP contribution in [0.3, 0.4) is 0 Å². The third-order valence-electron chi connectivity index (χ3n) is 4.74. The summed E-state index contributed by atoms with van der Waals surface area (Å²) in [6.45, 7) is 0. The van der Waals surface area contributed by atoms with Crippen molar-refractivity contribution < 1.29 is 17.9 Å². The topological polar surface area (TPSA) is 84.0 Å². The van der Waals surface area contributed by atoms with Crippen molar-refractivity contribution in [3.05, 3.63) is 66.1 Å². The minimum atomic E-state index is -0.651. The number of fused-ring (bicyclic) bond motifs is 2. The number of halogens is 2. The number of aryl methyl sites for hydroxylation is 1. The Morgan fingerprint density at radius 2 is 1.93 bits per heavy atom. The third-order valence-corrected chi connectivity index (χ3v) is 4.74. The lowest BCUT2D eigenvalue weighted by Gasteiger charge is -2.18. The maximum absolute atomic E-state index is 14.5. The number of nitrogens with zero attached hydrogens (tertiary/aromatic N) is 2. The highest BCUT2D eigenvalue weighted by Crippen LogP contribution is 2.33. The molecule has 0 fully saturated rings. The quantitative estimate of drug-likeness (QED) is 0.500. The van der Waals surface area contributed by atoms with Gasteiger partial charge in [-0.05, 0) is 36.2 Å². The average Bonchev–Trinajstić information content (AvgIpc) is 3.21. The van der Waals surface area contributed by atoms with Crippen LogP contribution in [0.1, 0.15) is 12.0 Å². The van der Waals surface area contributed by atoms with Gasteiger partial charge in [-0.15, -0.1) is 0 Å². The van der Waals surface area contributed by atoms with Crippen LogP contribution in [0.4, 0.5) is 20.4 Å². The highest BCUT2D eigenvalue weighted by atomic mass is 19.1. The van der Waals surface area contributed by atoms with Crippen molar-refractivity contribution in [1.82, 2.24) is 9.97 Å². The van der Waals surface area contributed by atoms with Gasteiger partial charge in [0, 0.05) is 23.7 Å². The van der Waals surface area contributed by atoms with Crippen LogP contribution in [0, 0.1) is 17.0 Å². The Hall–Kier alpha value is -3.81. The van der Waals surface area contributed by atoms with Gasteiger partial charge in [-0.3, -0.25) is 5.41 Å². The minimum absolute atomic E-state index is 0.00145. The van der Waals surface area contributed by atoms with Crippen LogP contribution in [0.5, 0.6) is 5.75 Å². The molecule has 0 amide bonds. The lowest BCUT2D eigenvalue weighted by molar-refractivity contribution is 0.499. The molecule has 4 aromatic rings. The predicted molar refractivity (Wildman–Crippen MR) is 104 cm³/mol. The van der Waals surface area contributed by atoms with E-state index in [1.807, 2.05) is 12.1 Å². The molecule has 0 spiro atoms. The predicted octanol–water partition coefficient (Wildman–Crippen LogP) is 5.21. The van der Waals surface area contributed by atoms with E-state index in [1.54, 1.807) is 6.07 Å². The molecule has 5 rings (SSSR count). The summed E-state index contributed by atoms with van der Waals surface area (Å²) in [5.41, 5.74) is 2.20. The second kappa shape index (κ2) is 6.66. The Bertz CT molecular complexity index is 1270. The van der Waals surface area contributed by atoms with Crippen LogP contribution in [0.15, 0.2) is 53.3 Å². The van der Waals surface area contributed by atoms with E-state index in [-0.39, 0.29) is 28.5 Å². The fourth-order valence-electron chi connectivity index (χ4n) is 3.33. The number of hydrogen-bond acceptors (Lipinski definition) is 6. The van der Waals surface area contributed by atoms with Gasteiger partial charge in [-0.1, -0.05) is 6.07 Å². The summed E-state index contributed by atoms with van der Waals surface area (Å²) in [5, 5.41) is 11.0. The number of anilines is 2. The molecular weight excluding hydrogens is 378 g/mol. The van der Waals surface area contributed by atoms with Gasteiger partial charge in [0.05, 0.1) is 17.8 Å². The zero-order chi connectivity index (χ0) is 20.0. The maximum atomic E-state index is 14.5. The Labute approximate surface area is 163 Å². The largest absolute Gasteiger partial charge is 0.464 e. The number of hydrogen-bond donors (Lipinski definition) is 2. The molecule has 0 radical (unpaired) electrons. The summed E-state index contributed by atoms with van der Waals surface area (Å²) in [4.78, 5) is 8.25. The SMILES string of the molecule is N=C1CCc2ccc(Nc3ncc(F)c(-c4ccc(F)c5ccoc45)n3)cc2O1. The van der Waals surface area contributed by atoms with E-state index in [9.17, 15) is 8.78 Å². The molecule has 8 heteroatoms. The smallest absolute Gasteiger partial charge is 0.227 e. The van der Waals surface area contributed by atoms with Crippen molar-refractivity contribution in [2.75, 3.05) is 5.32 Å². The zero-order valence-electron chi connectivity index (χ0n) is 15.0. The summed E-state index contributed by atoms with van der Waals surface area (Å²) in [6.07, 6.45) is 3.71. The van der Waals surface area contributed by atoms with Gasteiger partial charge in [-0.25, -0.2) is 18.7 Å². The molecule has 1 aliphatic heterocycles. The maximum Gasteiger partial charge on any atom is 0.227 e. The van der Waals surface area contributed by atoms with Gasteiger partial charge in [0.1, 0.15) is 22.8 Å². The highest BCUT2D eigenvalue weighted by molar-refractivity contribution is 5.92. The van der Waals surface area contributed by atoms with E-state index in [4.69, 9.17) is 14.6 Å². The molecular formula is C21H14F2N4O2. The highest BCUT2D eigenvalue weighted by Gasteiger charge is 2.18. The van der Waals surface area contributed by atoms with Crippen LogP contribution in [0.2, 0.25) is 0 Å². The molecule has 1 aliphatic rings. The molecule has 2 N–H and O–H groups in total. The molecule has 2 aromatic carbocycles. The van der Waals surface area contributed by atoms with Crippen LogP contribution in [-0.2, 0) is 6.42 Å². The molecule has 144 valence electrons. The first kappa shape index (κ1) is 17.3. The van der Waals surface area contributed by atoms with Crippen molar-refractivity contribution in [3.63, 3.8) is 0 Å². The van der Waals surface area contributed by atoms with Gasteiger partial charge in [0.25, 0.3) is 0 Å². The van der Waals surface area contributed by atoms with Crippen molar-refractivity contribution in [1.29, 1.82) is 5.41 Å². The molecule has 0 unspecified atom stereocenters. The van der Waals surface area contributed by atoms with Crippen LogP contribution >= 0.6 is 0 Å². The molecule has 0 saturated heterocycles. The number of ether oxygens (including phenoxy) is 1.